The summed E-state index contributed by atoms with van der Waals surface area (Å²) in [4.78, 5) is 55.7. The predicted octanol–water partition coefficient (Wildman–Crippen LogP) is 7.37. The molecule has 2 N–H and O–H groups in total. The third kappa shape index (κ3) is 10.7. The Labute approximate surface area is 398 Å². The summed E-state index contributed by atoms with van der Waals surface area (Å²) in [5, 5.41) is 7.97. The van der Waals surface area contributed by atoms with Gasteiger partial charge in [0.15, 0.2) is 10.1 Å². The number of nitrogens with one attached hydrogen (secondary N) is 2. The maximum absolute atomic E-state index is 14.3. The first-order valence-corrected chi connectivity index (χ1v) is 25.5. The van der Waals surface area contributed by atoms with Crippen molar-refractivity contribution in [2.45, 2.75) is 119 Å². The van der Waals surface area contributed by atoms with Gasteiger partial charge in [0.25, 0.3) is 11.8 Å². The highest BCUT2D eigenvalue weighted by Gasteiger charge is 2.49. The number of ether oxygens (including phenoxy) is 8. The smallest absolute Gasteiger partial charge is 0.348 e. The van der Waals surface area contributed by atoms with Crippen molar-refractivity contribution in [3.63, 3.8) is 0 Å². The number of epoxide rings is 1. The maximum atomic E-state index is 14.3. The van der Waals surface area contributed by atoms with Gasteiger partial charge in [-0.05, 0) is 136 Å². The van der Waals surface area contributed by atoms with Crippen LogP contribution >= 0.6 is 22.7 Å². The molecule has 4 aliphatic carbocycles. The van der Waals surface area contributed by atoms with Gasteiger partial charge in [0.2, 0.25) is 0 Å². The lowest BCUT2D eigenvalue weighted by atomic mass is 9.73. The van der Waals surface area contributed by atoms with Gasteiger partial charge < -0.3 is 48.5 Å². The minimum Gasteiger partial charge on any atom is -0.482 e. The number of rotatable bonds is 19. The van der Waals surface area contributed by atoms with Crippen LogP contribution in [-0.2, 0) is 46.7 Å². The summed E-state index contributed by atoms with van der Waals surface area (Å²) in [6.07, 6.45) is 8.66. The van der Waals surface area contributed by atoms with Gasteiger partial charge in [-0.2, -0.15) is 0 Å². The van der Waals surface area contributed by atoms with Crippen LogP contribution in [0.5, 0.6) is 10.1 Å². The molecule has 14 nitrogen and oxygen atoms in total. The predicted molar refractivity (Wildman–Crippen MR) is 249 cm³/mol. The van der Waals surface area contributed by atoms with E-state index in [1.165, 1.54) is 22.7 Å². The van der Waals surface area contributed by atoms with Gasteiger partial charge in [-0.3, -0.25) is 9.59 Å². The van der Waals surface area contributed by atoms with Gasteiger partial charge in [0.05, 0.1) is 39.6 Å². The topological polar surface area (TPSA) is 169 Å². The molecule has 2 saturated carbocycles. The van der Waals surface area contributed by atoms with Crippen LogP contribution in [0.25, 0.3) is 0 Å². The molecule has 67 heavy (non-hydrogen) atoms. The Balaban J connectivity index is 0.711. The zero-order valence-electron chi connectivity index (χ0n) is 37.6. The molecule has 4 aromatic rings. The van der Waals surface area contributed by atoms with E-state index < -0.39 is 5.41 Å². The number of benzene rings is 2. The minimum atomic E-state index is -0.442. The lowest BCUT2D eigenvalue weighted by Crippen LogP contribution is -2.41. The number of carbonyl (C=O) groups excluding carboxylic acids is 4. The lowest BCUT2D eigenvalue weighted by Gasteiger charge is -2.32. The first kappa shape index (κ1) is 45.9. The summed E-state index contributed by atoms with van der Waals surface area (Å²) in [5.74, 6) is -0.914. The summed E-state index contributed by atoms with van der Waals surface area (Å²) in [7, 11) is 0. The van der Waals surface area contributed by atoms with Crippen LogP contribution in [0.15, 0.2) is 60.7 Å². The molecule has 1 spiro atoms. The zero-order valence-corrected chi connectivity index (χ0v) is 39.2. The van der Waals surface area contributed by atoms with Crippen molar-refractivity contribution in [1.82, 2.24) is 10.6 Å². The molecule has 2 aromatic carbocycles. The second kappa shape index (κ2) is 20.8. The molecule has 6 aliphatic rings. The molecule has 10 rings (SSSR count). The Morgan fingerprint density at radius 3 is 1.58 bits per heavy atom. The second-order valence-corrected chi connectivity index (χ2v) is 20.6. The first-order valence-electron chi connectivity index (χ1n) is 23.9. The quantitative estimate of drug-likeness (QED) is 0.0545. The van der Waals surface area contributed by atoms with E-state index >= 15 is 0 Å². The number of fused-ring (bicyclic) bond motifs is 4. The molecule has 2 saturated heterocycles. The van der Waals surface area contributed by atoms with Crippen molar-refractivity contribution in [3.8, 4) is 10.1 Å². The van der Waals surface area contributed by atoms with E-state index in [0.29, 0.717) is 129 Å². The SMILES string of the molecule is O=C(OC1CCC(NC(=O)c2cccc3c2C2(CC3)CCc3cccc(C(=O)NC4CCC(OC(=O)c5ccc(OCCOC6COC6)s5)CC4)c32)CC1)c1ccc(OCCOCC2CO2)s1. The highest BCUT2D eigenvalue weighted by Crippen LogP contribution is 2.54. The van der Waals surface area contributed by atoms with Crippen LogP contribution in [-0.4, -0.2) is 113 Å². The molecule has 4 heterocycles. The molecule has 2 amide bonds. The fourth-order valence-electron chi connectivity index (χ4n) is 10.4. The van der Waals surface area contributed by atoms with E-state index in [9.17, 15) is 19.2 Å². The van der Waals surface area contributed by atoms with Gasteiger partial charge in [0, 0.05) is 28.6 Å². The van der Waals surface area contributed by atoms with Crippen molar-refractivity contribution in [2.24, 2.45) is 0 Å². The number of esters is 2. The Kier molecular flexibility index (Phi) is 14.3. The number of carbonyl (C=O) groups is 4. The van der Waals surface area contributed by atoms with Gasteiger partial charge in [0.1, 0.15) is 47.4 Å². The number of hydrogen-bond donors (Lipinski definition) is 2. The highest BCUT2D eigenvalue weighted by molar-refractivity contribution is 7.16. The summed E-state index contributed by atoms with van der Waals surface area (Å²) < 4.78 is 44.7. The fourth-order valence-corrected chi connectivity index (χ4v) is 12.0. The van der Waals surface area contributed by atoms with Gasteiger partial charge >= 0.3 is 11.9 Å². The Hall–Kier alpha value is -4.84. The molecule has 356 valence electrons. The van der Waals surface area contributed by atoms with Crippen LogP contribution in [0.1, 0.15) is 127 Å². The van der Waals surface area contributed by atoms with Crippen molar-refractivity contribution in [1.29, 1.82) is 0 Å². The minimum absolute atomic E-state index is 0.0477. The molecule has 0 radical (unpaired) electrons. The molecule has 2 atom stereocenters. The van der Waals surface area contributed by atoms with Gasteiger partial charge in [-0.1, -0.05) is 46.9 Å². The average Bonchev–Trinajstić information content (AvgIpc) is 3.66. The number of hydrogen-bond acceptors (Lipinski definition) is 14. The van der Waals surface area contributed by atoms with Gasteiger partial charge in [-0.15, -0.1) is 0 Å². The molecule has 0 bridgehead atoms. The monoisotopic (exact) mass is 954 g/mol. The molecular formula is C51H58N2O12S2. The van der Waals surface area contributed by atoms with Crippen molar-refractivity contribution in [2.75, 3.05) is 52.9 Å². The van der Waals surface area contributed by atoms with Crippen LogP contribution in [0.3, 0.4) is 0 Å². The average molecular weight is 955 g/mol. The highest BCUT2D eigenvalue weighted by atomic mass is 32.1. The Morgan fingerprint density at radius 1 is 0.597 bits per heavy atom. The van der Waals surface area contributed by atoms with E-state index in [2.05, 4.69) is 22.8 Å². The van der Waals surface area contributed by atoms with Crippen molar-refractivity contribution >= 4 is 46.4 Å². The maximum Gasteiger partial charge on any atom is 0.348 e. The Bertz CT molecular complexity index is 2410. The van der Waals surface area contributed by atoms with E-state index in [1.807, 2.05) is 24.3 Å². The van der Waals surface area contributed by atoms with Crippen molar-refractivity contribution < 1.29 is 57.1 Å². The second-order valence-electron chi connectivity index (χ2n) is 18.5. The van der Waals surface area contributed by atoms with Crippen LogP contribution in [0, 0.1) is 0 Å². The van der Waals surface area contributed by atoms with Crippen LogP contribution in [0.2, 0.25) is 0 Å². The van der Waals surface area contributed by atoms with E-state index in [-0.39, 0.29) is 60.3 Å². The summed E-state index contributed by atoms with van der Waals surface area (Å²) in [6, 6.07) is 19.0. The molecule has 2 aromatic heterocycles. The molecule has 16 heteroatoms. The first-order chi connectivity index (χ1) is 32.8. The summed E-state index contributed by atoms with van der Waals surface area (Å²) in [6.45, 7) is 4.28. The molecule has 2 unspecified atom stereocenters. The zero-order chi connectivity index (χ0) is 45.7. The fraction of sp³-hybridized carbons (Fsp3) is 0.529. The number of aryl methyl sites for hydroxylation is 2. The largest absolute Gasteiger partial charge is 0.482 e. The van der Waals surface area contributed by atoms with E-state index in [1.54, 1.807) is 24.3 Å². The summed E-state index contributed by atoms with van der Waals surface area (Å²) >= 11 is 2.53. The standard InChI is InChI=1S/C51H58N2O12S2/c54-47(52-33-7-11-35(12-8-33)64-49(56)41-15-17-43(66-41)61-24-23-58-27-38-30-63-38)39-5-1-3-31-19-21-51(45(31)39)22-20-32-4-2-6-40(46(32)51)48(55)53-34-9-13-36(14-10-34)65-50(57)42-16-18-44(67-42)62-26-25-60-37-28-59-29-37/h1-6,15-18,33-38H,7-14,19-30H2,(H,52,54)(H,53,55). The van der Waals surface area contributed by atoms with Crippen LogP contribution in [0.4, 0.5) is 0 Å². The van der Waals surface area contributed by atoms with Gasteiger partial charge in [-0.25, -0.2) is 9.59 Å². The van der Waals surface area contributed by atoms with E-state index in [4.69, 9.17) is 37.9 Å². The summed E-state index contributed by atoms with van der Waals surface area (Å²) in [5.41, 5.74) is 5.33. The Morgan fingerprint density at radius 2 is 1.10 bits per heavy atom. The molecule has 4 fully saturated rings. The normalized spacial score (nSPS) is 25.1. The lowest BCUT2D eigenvalue weighted by molar-refractivity contribution is -0.132. The third-order valence-electron chi connectivity index (χ3n) is 14.0. The number of amides is 2. The van der Waals surface area contributed by atoms with Crippen LogP contribution < -0.4 is 20.1 Å². The number of thiophene rings is 2. The van der Waals surface area contributed by atoms with E-state index in [0.717, 1.165) is 54.5 Å². The molecule has 2 aliphatic heterocycles. The molecular weight excluding hydrogens is 897 g/mol. The van der Waals surface area contributed by atoms with Crippen molar-refractivity contribution in [3.05, 3.63) is 104 Å². The third-order valence-corrected chi connectivity index (χ3v) is 15.9.